The van der Waals surface area contributed by atoms with Crippen LogP contribution in [0.1, 0.15) is 38.7 Å². The van der Waals surface area contributed by atoms with Gasteiger partial charge in [-0.05, 0) is 37.4 Å². The Morgan fingerprint density at radius 2 is 1.75 bits per heavy atom. The standard InChI is InChI=1S/C15H25N/c1-3-14(4-2)13-16-12-8-11-15-9-6-5-7-10-15/h5-7,9-10,14,16H,3-4,8,11-13H2,1-2H3. The van der Waals surface area contributed by atoms with E-state index < -0.39 is 0 Å². The molecule has 0 bridgehead atoms. The number of hydrogen-bond acceptors (Lipinski definition) is 1. The van der Waals surface area contributed by atoms with Crippen molar-refractivity contribution in [3.8, 4) is 0 Å². The number of rotatable bonds is 8. The van der Waals surface area contributed by atoms with E-state index in [1.165, 1.54) is 37.8 Å². The predicted molar refractivity (Wildman–Crippen MR) is 71.7 cm³/mol. The third-order valence-corrected chi connectivity index (χ3v) is 3.25. The molecule has 1 aromatic rings. The zero-order chi connectivity index (χ0) is 11.6. The van der Waals surface area contributed by atoms with Crippen LogP contribution in [0, 0.1) is 5.92 Å². The van der Waals surface area contributed by atoms with Crippen molar-refractivity contribution in [2.24, 2.45) is 5.92 Å². The average molecular weight is 219 g/mol. The van der Waals surface area contributed by atoms with Crippen molar-refractivity contribution in [2.45, 2.75) is 39.5 Å². The average Bonchev–Trinajstić information content (AvgIpc) is 2.35. The summed E-state index contributed by atoms with van der Waals surface area (Å²) in [5.41, 5.74) is 1.45. The molecule has 1 nitrogen and oxygen atoms in total. The van der Waals surface area contributed by atoms with Gasteiger partial charge in [0.1, 0.15) is 0 Å². The van der Waals surface area contributed by atoms with Crippen molar-refractivity contribution >= 4 is 0 Å². The number of nitrogens with one attached hydrogen (secondary N) is 1. The summed E-state index contributed by atoms with van der Waals surface area (Å²) in [4.78, 5) is 0. The minimum Gasteiger partial charge on any atom is -0.316 e. The summed E-state index contributed by atoms with van der Waals surface area (Å²) in [5.74, 6) is 0.858. The summed E-state index contributed by atoms with van der Waals surface area (Å²) >= 11 is 0. The Morgan fingerprint density at radius 3 is 2.38 bits per heavy atom. The van der Waals surface area contributed by atoms with Gasteiger partial charge in [0.05, 0.1) is 0 Å². The van der Waals surface area contributed by atoms with Crippen molar-refractivity contribution in [3.05, 3.63) is 35.9 Å². The third-order valence-electron chi connectivity index (χ3n) is 3.25. The molecule has 0 radical (unpaired) electrons. The highest BCUT2D eigenvalue weighted by Crippen LogP contribution is 2.05. The summed E-state index contributed by atoms with van der Waals surface area (Å²) in [6.07, 6.45) is 5.02. The maximum absolute atomic E-state index is 3.56. The van der Waals surface area contributed by atoms with Gasteiger partial charge in [-0.1, -0.05) is 57.0 Å². The topological polar surface area (TPSA) is 12.0 Å². The third kappa shape index (κ3) is 5.32. The summed E-state index contributed by atoms with van der Waals surface area (Å²) in [6.45, 7) is 6.88. The van der Waals surface area contributed by atoms with E-state index in [0.29, 0.717) is 0 Å². The van der Waals surface area contributed by atoms with E-state index in [9.17, 15) is 0 Å². The molecule has 0 fully saturated rings. The van der Waals surface area contributed by atoms with E-state index in [4.69, 9.17) is 0 Å². The highest BCUT2D eigenvalue weighted by atomic mass is 14.8. The molecule has 0 aromatic heterocycles. The van der Waals surface area contributed by atoms with Crippen LogP contribution in [0.2, 0.25) is 0 Å². The van der Waals surface area contributed by atoms with Crippen LogP contribution in [0.5, 0.6) is 0 Å². The minimum atomic E-state index is 0.858. The Morgan fingerprint density at radius 1 is 1.06 bits per heavy atom. The Bertz CT molecular complexity index is 251. The lowest BCUT2D eigenvalue weighted by atomic mass is 10.0. The zero-order valence-electron chi connectivity index (χ0n) is 10.7. The molecule has 0 aliphatic carbocycles. The van der Waals surface area contributed by atoms with E-state index in [-0.39, 0.29) is 0 Å². The summed E-state index contributed by atoms with van der Waals surface area (Å²) in [5, 5.41) is 3.56. The van der Waals surface area contributed by atoms with Crippen molar-refractivity contribution in [1.82, 2.24) is 5.32 Å². The smallest absolute Gasteiger partial charge is 0.00207 e. The highest BCUT2D eigenvalue weighted by Gasteiger charge is 2.01. The predicted octanol–water partition coefficient (Wildman–Crippen LogP) is 3.65. The lowest BCUT2D eigenvalue weighted by molar-refractivity contribution is 0.448. The van der Waals surface area contributed by atoms with Gasteiger partial charge >= 0.3 is 0 Å². The van der Waals surface area contributed by atoms with Crippen molar-refractivity contribution in [2.75, 3.05) is 13.1 Å². The van der Waals surface area contributed by atoms with Gasteiger partial charge in [0.25, 0.3) is 0 Å². The molecule has 0 unspecified atom stereocenters. The molecule has 0 atom stereocenters. The molecule has 0 aliphatic heterocycles. The fourth-order valence-corrected chi connectivity index (χ4v) is 1.95. The van der Waals surface area contributed by atoms with Crippen LogP contribution in [0.4, 0.5) is 0 Å². The Hall–Kier alpha value is -0.820. The van der Waals surface area contributed by atoms with Crippen molar-refractivity contribution in [1.29, 1.82) is 0 Å². The molecule has 1 N–H and O–H groups in total. The molecule has 0 heterocycles. The Balaban J connectivity index is 2.04. The lowest BCUT2D eigenvalue weighted by Crippen LogP contribution is -2.23. The second-order valence-electron chi connectivity index (χ2n) is 4.48. The van der Waals surface area contributed by atoms with Crippen LogP contribution in [-0.2, 0) is 6.42 Å². The maximum Gasteiger partial charge on any atom is -0.00207 e. The van der Waals surface area contributed by atoms with Crippen molar-refractivity contribution < 1.29 is 0 Å². The molecule has 1 rings (SSSR count). The SMILES string of the molecule is CCC(CC)CNCCCc1ccccc1. The second kappa shape index (κ2) is 8.35. The normalized spacial score (nSPS) is 10.9. The number of aryl methyl sites for hydroxylation is 1. The Labute approximate surface area is 100 Å². The number of hydrogen-bond donors (Lipinski definition) is 1. The van der Waals surface area contributed by atoms with Gasteiger partial charge < -0.3 is 5.32 Å². The summed E-state index contributed by atoms with van der Waals surface area (Å²) < 4.78 is 0. The van der Waals surface area contributed by atoms with Crippen LogP contribution in [-0.4, -0.2) is 13.1 Å². The van der Waals surface area contributed by atoms with Gasteiger partial charge in [0, 0.05) is 0 Å². The molecule has 1 heteroatoms. The molecular weight excluding hydrogens is 194 g/mol. The van der Waals surface area contributed by atoms with Gasteiger partial charge in [-0.3, -0.25) is 0 Å². The molecule has 0 amide bonds. The van der Waals surface area contributed by atoms with Crippen LogP contribution in [0.25, 0.3) is 0 Å². The first-order chi connectivity index (χ1) is 7.86. The van der Waals surface area contributed by atoms with Crippen LogP contribution >= 0.6 is 0 Å². The summed E-state index contributed by atoms with van der Waals surface area (Å²) in [7, 11) is 0. The largest absolute Gasteiger partial charge is 0.316 e. The fraction of sp³-hybridized carbons (Fsp3) is 0.600. The molecule has 0 saturated heterocycles. The Kier molecular flexibility index (Phi) is 6.91. The van der Waals surface area contributed by atoms with E-state index in [1.807, 2.05) is 0 Å². The monoisotopic (exact) mass is 219 g/mol. The van der Waals surface area contributed by atoms with Gasteiger partial charge in [-0.2, -0.15) is 0 Å². The van der Waals surface area contributed by atoms with Crippen molar-refractivity contribution in [3.63, 3.8) is 0 Å². The molecular formula is C15H25N. The van der Waals surface area contributed by atoms with E-state index in [2.05, 4.69) is 49.5 Å². The molecule has 1 aromatic carbocycles. The quantitative estimate of drug-likeness (QED) is 0.658. The second-order valence-corrected chi connectivity index (χ2v) is 4.48. The van der Waals surface area contributed by atoms with E-state index in [1.54, 1.807) is 0 Å². The molecule has 0 saturated carbocycles. The molecule has 90 valence electrons. The minimum absolute atomic E-state index is 0.858. The van der Waals surface area contributed by atoms with E-state index in [0.717, 1.165) is 12.5 Å². The van der Waals surface area contributed by atoms with Crippen LogP contribution < -0.4 is 5.32 Å². The first-order valence-electron chi connectivity index (χ1n) is 6.61. The highest BCUT2D eigenvalue weighted by molar-refractivity contribution is 5.14. The fourth-order valence-electron chi connectivity index (χ4n) is 1.95. The van der Waals surface area contributed by atoms with Gasteiger partial charge in [-0.15, -0.1) is 0 Å². The maximum atomic E-state index is 3.56. The van der Waals surface area contributed by atoms with Gasteiger partial charge in [-0.25, -0.2) is 0 Å². The first kappa shape index (κ1) is 13.2. The van der Waals surface area contributed by atoms with E-state index >= 15 is 0 Å². The number of benzene rings is 1. The molecule has 0 spiro atoms. The first-order valence-corrected chi connectivity index (χ1v) is 6.61. The summed E-state index contributed by atoms with van der Waals surface area (Å²) in [6, 6.07) is 10.7. The molecule has 16 heavy (non-hydrogen) atoms. The van der Waals surface area contributed by atoms with Gasteiger partial charge in [0.2, 0.25) is 0 Å². The molecule has 0 aliphatic rings. The van der Waals surface area contributed by atoms with Crippen LogP contribution in [0.3, 0.4) is 0 Å². The van der Waals surface area contributed by atoms with Gasteiger partial charge in [0.15, 0.2) is 0 Å². The van der Waals surface area contributed by atoms with Crippen LogP contribution in [0.15, 0.2) is 30.3 Å². The zero-order valence-corrected chi connectivity index (χ0v) is 10.7. The lowest BCUT2D eigenvalue weighted by Gasteiger charge is -2.12.